The fourth-order valence-corrected chi connectivity index (χ4v) is 2.57. The van der Waals surface area contributed by atoms with Crippen LogP contribution >= 0.6 is 0 Å². The summed E-state index contributed by atoms with van der Waals surface area (Å²) < 4.78 is 0. The van der Waals surface area contributed by atoms with E-state index in [4.69, 9.17) is 11.5 Å². The maximum Gasteiger partial charge on any atom is 0.244 e. The smallest absolute Gasteiger partial charge is 0.244 e. The second-order valence-corrected chi connectivity index (χ2v) is 5.31. The maximum atomic E-state index is 12.5. The molecule has 2 amide bonds. The highest BCUT2D eigenvalue weighted by Gasteiger charge is 2.24. The van der Waals surface area contributed by atoms with Crippen LogP contribution in [-0.4, -0.2) is 54.3 Å². The average molecular weight is 290 g/mol. The van der Waals surface area contributed by atoms with Gasteiger partial charge in [0.2, 0.25) is 11.8 Å². The molecule has 2 rings (SSSR count). The van der Waals surface area contributed by atoms with E-state index in [0.29, 0.717) is 19.6 Å². The quantitative estimate of drug-likeness (QED) is 0.796. The predicted octanol–water partition coefficient (Wildman–Crippen LogP) is -0.294. The van der Waals surface area contributed by atoms with Gasteiger partial charge in [-0.15, -0.1) is 0 Å². The minimum absolute atomic E-state index is 0.0675. The van der Waals surface area contributed by atoms with E-state index in [1.807, 2.05) is 35.2 Å². The van der Waals surface area contributed by atoms with Crippen LogP contribution in [0.4, 0.5) is 0 Å². The summed E-state index contributed by atoms with van der Waals surface area (Å²) in [5.74, 6) is -0.405. The van der Waals surface area contributed by atoms with Gasteiger partial charge in [0, 0.05) is 26.2 Å². The molecule has 0 aromatic heterocycles. The highest BCUT2D eigenvalue weighted by molar-refractivity contribution is 5.83. The molecule has 1 aromatic carbocycles. The molecule has 21 heavy (non-hydrogen) atoms. The summed E-state index contributed by atoms with van der Waals surface area (Å²) in [6, 6.07) is 8.74. The van der Waals surface area contributed by atoms with Gasteiger partial charge in [-0.25, -0.2) is 0 Å². The van der Waals surface area contributed by atoms with Crippen molar-refractivity contribution in [3.05, 3.63) is 35.9 Å². The number of hydrogen-bond donors (Lipinski definition) is 2. The Hall–Kier alpha value is -1.92. The van der Waals surface area contributed by atoms with Crippen LogP contribution in [0, 0.1) is 0 Å². The van der Waals surface area contributed by atoms with Crippen LogP contribution < -0.4 is 11.5 Å². The molecule has 1 aliphatic heterocycles. The Morgan fingerprint density at radius 1 is 1.10 bits per heavy atom. The standard InChI is InChI=1S/C15H22N4O2/c16-13(20)11-18-7-4-8-19(10-9-18)15(21)14(17)12-5-2-1-3-6-12/h1-3,5-6,14H,4,7-11,17H2,(H2,16,20). The van der Waals surface area contributed by atoms with Crippen LogP contribution in [0.3, 0.4) is 0 Å². The number of nitrogens with two attached hydrogens (primary N) is 2. The van der Waals surface area contributed by atoms with Crippen LogP contribution in [0.15, 0.2) is 30.3 Å². The zero-order valence-electron chi connectivity index (χ0n) is 12.1. The first-order valence-electron chi connectivity index (χ1n) is 7.18. The number of nitrogens with zero attached hydrogens (tertiary/aromatic N) is 2. The van der Waals surface area contributed by atoms with Crippen LogP contribution in [0.5, 0.6) is 0 Å². The molecular formula is C15H22N4O2. The third-order valence-electron chi connectivity index (χ3n) is 3.70. The van der Waals surface area contributed by atoms with Crippen molar-refractivity contribution in [2.75, 3.05) is 32.7 Å². The minimum Gasteiger partial charge on any atom is -0.369 e. The molecule has 1 heterocycles. The lowest BCUT2D eigenvalue weighted by molar-refractivity contribution is -0.132. The van der Waals surface area contributed by atoms with Gasteiger partial charge < -0.3 is 16.4 Å². The lowest BCUT2D eigenvalue weighted by atomic mass is 10.1. The first-order chi connectivity index (χ1) is 10.1. The van der Waals surface area contributed by atoms with E-state index in [9.17, 15) is 9.59 Å². The van der Waals surface area contributed by atoms with Gasteiger partial charge in [0.15, 0.2) is 0 Å². The number of benzene rings is 1. The van der Waals surface area contributed by atoms with Gasteiger partial charge in [0.05, 0.1) is 6.54 Å². The highest BCUT2D eigenvalue weighted by atomic mass is 16.2. The molecule has 0 aliphatic carbocycles. The summed E-state index contributed by atoms with van der Waals surface area (Å²) in [6.07, 6.45) is 0.820. The van der Waals surface area contributed by atoms with Crippen molar-refractivity contribution in [1.82, 2.24) is 9.80 Å². The lowest BCUT2D eigenvalue weighted by Crippen LogP contribution is -2.41. The molecule has 114 valence electrons. The molecule has 1 atom stereocenters. The third-order valence-corrected chi connectivity index (χ3v) is 3.70. The van der Waals surface area contributed by atoms with Crippen LogP contribution in [0.25, 0.3) is 0 Å². The fraction of sp³-hybridized carbons (Fsp3) is 0.467. The van der Waals surface area contributed by atoms with Gasteiger partial charge in [0.1, 0.15) is 6.04 Å². The van der Waals surface area contributed by atoms with Gasteiger partial charge in [-0.3, -0.25) is 14.5 Å². The lowest BCUT2D eigenvalue weighted by Gasteiger charge is -2.24. The Bertz CT molecular complexity index is 492. The van der Waals surface area contributed by atoms with E-state index >= 15 is 0 Å². The van der Waals surface area contributed by atoms with Gasteiger partial charge in [-0.2, -0.15) is 0 Å². The molecule has 0 spiro atoms. The first kappa shape index (κ1) is 15.5. The van der Waals surface area contributed by atoms with E-state index in [-0.39, 0.29) is 18.4 Å². The molecule has 6 heteroatoms. The summed E-state index contributed by atoms with van der Waals surface area (Å²) >= 11 is 0. The van der Waals surface area contributed by atoms with E-state index in [1.165, 1.54) is 0 Å². The Kier molecular flexibility index (Phi) is 5.30. The molecule has 0 bridgehead atoms. The molecule has 0 radical (unpaired) electrons. The van der Waals surface area contributed by atoms with Crippen LogP contribution in [0.1, 0.15) is 18.0 Å². The van der Waals surface area contributed by atoms with Crippen molar-refractivity contribution < 1.29 is 9.59 Å². The SMILES string of the molecule is NC(=O)CN1CCCN(C(=O)C(N)c2ccccc2)CC1. The summed E-state index contributed by atoms with van der Waals surface area (Å²) in [7, 11) is 0. The monoisotopic (exact) mass is 290 g/mol. The van der Waals surface area contributed by atoms with Crippen molar-refractivity contribution in [1.29, 1.82) is 0 Å². The molecule has 1 aromatic rings. The molecular weight excluding hydrogens is 268 g/mol. The van der Waals surface area contributed by atoms with E-state index < -0.39 is 6.04 Å². The van der Waals surface area contributed by atoms with Crippen molar-refractivity contribution in [3.8, 4) is 0 Å². The largest absolute Gasteiger partial charge is 0.369 e. The number of primary amides is 1. The Labute approximate surface area is 124 Å². The van der Waals surface area contributed by atoms with Gasteiger partial charge in [-0.05, 0) is 12.0 Å². The number of amides is 2. The van der Waals surface area contributed by atoms with Crippen molar-refractivity contribution in [2.24, 2.45) is 11.5 Å². The summed E-state index contributed by atoms with van der Waals surface area (Å²) in [6.45, 7) is 2.90. The Balaban J connectivity index is 1.95. The Morgan fingerprint density at radius 2 is 1.81 bits per heavy atom. The van der Waals surface area contributed by atoms with Crippen LogP contribution in [0.2, 0.25) is 0 Å². The normalized spacial score (nSPS) is 18.0. The summed E-state index contributed by atoms with van der Waals surface area (Å²) in [5, 5.41) is 0. The van der Waals surface area contributed by atoms with Crippen molar-refractivity contribution >= 4 is 11.8 Å². The molecule has 0 saturated carbocycles. The third kappa shape index (κ3) is 4.27. The fourth-order valence-electron chi connectivity index (χ4n) is 2.57. The molecule has 1 aliphatic rings. The minimum atomic E-state index is -0.631. The van der Waals surface area contributed by atoms with Crippen molar-refractivity contribution in [2.45, 2.75) is 12.5 Å². The van der Waals surface area contributed by atoms with E-state index in [2.05, 4.69) is 0 Å². The summed E-state index contributed by atoms with van der Waals surface area (Å²) in [4.78, 5) is 27.2. The van der Waals surface area contributed by atoms with E-state index in [1.54, 1.807) is 4.90 Å². The molecule has 4 N–H and O–H groups in total. The number of rotatable bonds is 4. The van der Waals surface area contributed by atoms with E-state index in [0.717, 1.165) is 18.5 Å². The Morgan fingerprint density at radius 3 is 2.48 bits per heavy atom. The number of carbonyl (C=O) groups excluding carboxylic acids is 2. The van der Waals surface area contributed by atoms with Gasteiger partial charge >= 0.3 is 0 Å². The second kappa shape index (κ2) is 7.19. The molecule has 1 saturated heterocycles. The first-order valence-corrected chi connectivity index (χ1v) is 7.18. The second-order valence-electron chi connectivity index (χ2n) is 5.31. The topological polar surface area (TPSA) is 92.7 Å². The van der Waals surface area contributed by atoms with Gasteiger partial charge in [-0.1, -0.05) is 30.3 Å². The molecule has 1 unspecified atom stereocenters. The summed E-state index contributed by atoms with van der Waals surface area (Å²) in [5.41, 5.74) is 12.1. The zero-order valence-corrected chi connectivity index (χ0v) is 12.1. The average Bonchev–Trinajstić information content (AvgIpc) is 2.71. The molecule has 1 fully saturated rings. The number of carbonyl (C=O) groups is 2. The number of hydrogen-bond acceptors (Lipinski definition) is 4. The van der Waals surface area contributed by atoms with Crippen LogP contribution in [-0.2, 0) is 9.59 Å². The maximum absolute atomic E-state index is 12.5. The van der Waals surface area contributed by atoms with Crippen molar-refractivity contribution in [3.63, 3.8) is 0 Å². The molecule has 6 nitrogen and oxygen atoms in total. The van der Waals surface area contributed by atoms with Gasteiger partial charge in [0.25, 0.3) is 0 Å². The predicted molar refractivity (Wildman–Crippen MR) is 80.2 cm³/mol. The zero-order chi connectivity index (χ0) is 15.2. The highest BCUT2D eigenvalue weighted by Crippen LogP contribution is 2.14.